The number of benzene rings is 1. The second-order valence-electron chi connectivity index (χ2n) is 17.9. The Hall–Kier alpha value is -4.96. The van der Waals surface area contributed by atoms with E-state index in [1.807, 2.05) is 93.8 Å². The van der Waals surface area contributed by atoms with Gasteiger partial charge in [-0.25, -0.2) is 19.6 Å². The SMILES string of the molecule is C=C(/C=C\C(=C/C)c1nc(C23CC2=C[C@@H](C)N3C(=O)C2(C(C)C)CC2NC(=O)OC)[nH]c1Br)c1ccc(-c2nc([C@@H]3CC4C[C@H]4N3C(=O)[C@@H](NC(=O)OC)C(C)C)[nH]c2Br)cc1. The van der Waals surface area contributed by atoms with E-state index in [9.17, 15) is 19.2 Å². The number of H-pyrrole nitrogens is 2. The number of imidazole rings is 2. The second-order valence-corrected chi connectivity index (χ2v) is 19.4. The molecule has 0 spiro atoms. The Bertz CT molecular complexity index is 2430. The van der Waals surface area contributed by atoms with Crippen molar-refractivity contribution in [2.75, 3.05) is 14.2 Å². The summed E-state index contributed by atoms with van der Waals surface area (Å²) in [5, 5.41) is 5.61. The summed E-state index contributed by atoms with van der Waals surface area (Å²) in [6.07, 6.45) is 9.97. The van der Waals surface area contributed by atoms with Gasteiger partial charge >= 0.3 is 12.2 Å². The van der Waals surface area contributed by atoms with E-state index in [1.54, 1.807) is 0 Å². The zero-order chi connectivity index (χ0) is 44.6. The predicted octanol–water partition coefficient (Wildman–Crippen LogP) is 8.57. The molecule has 3 saturated carbocycles. The molecular formula is C46H54Br2N8O6. The van der Waals surface area contributed by atoms with Gasteiger partial charge < -0.3 is 39.9 Å². The first-order valence-electron chi connectivity index (χ1n) is 21.2. The van der Waals surface area contributed by atoms with Crippen molar-refractivity contribution in [1.29, 1.82) is 0 Å². The Morgan fingerprint density at radius 1 is 0.984 bits per heavy atom. The van der Waals surface area contributed by atoms with Crippen LogP contribution in [0.2, 0.25) is 0 Å². The standard InChI is InChI=1S/C46H54Br2N8O6/c1-10-26(35-38(48)54-41(51-35)46-20-30(46)17-25(7)56(46)42(58)45(23(4)5)21-33(45)49-43(59)61-8)12-11-24(6)27-13-15-28(16-14-27)36-37(47)53-39(50-36)32-19-29-18-31(29)55(32)40(57)34(22(2)3)52-44(60)62-9/h10-17,22-23,25,29,31-34H,6,18-21H2,1-5,7-9H3,(H,49,59)(H,50,53)(H,51,54)(H,52,60)/b12-11-,26-10+/t25-,29?,31-,32+,33?,34+,45?,46?/m1/s1. The molecule has 3 aliphatic carbocycles. The molecule has 62 heavy (non-hydrogen) atoms. The number of rotatable bonds is 13. The molecule has 5 aliphatic rings. The normalized spacial score (nSPS) is 27.5. The van der Waals surface area contributed by atoms with Gasteiger partial charge in [0.2, 0.25) is 11.8 Å². The fourth-order valence-electron chi connectivity index (χ4n) is 9.87. The molecular weight excluding hydrogens is 920 g/mol. The quantitative estimate of drug-likeness (QED) is 0.0974. The number of nitrogens with one attached hydrogen (secondary N) is 4. The van der Waals surface area contributed by atoms with E-state index in [4.69, 9.17) is 19.4 Å². The zero-order valence-electron chi connectivity index (χ0n) is 36.3. The monoisotopic (exact) mass is 972 g/mol. The van der Waals surface area contributed by atoms with Crippen LogP contribution in [0.3, 0.4) is 0 Å². The van der Waals surface area contributed by atoms with E-state index in [2.05, 4.69) is 65.1 Å². The van der Waals surface area contributed by atoms with Crippen LogP contribution in [-0.4, -0.2) is 92.1 Å². The maximum Gasteiger partial charge on any atom is 0.407 e. The van der Waals surface area contributed by atoms with E-state index >= 15 is 0 Å². The third-order valence-corrected chi connectivity index (χ3v) is 14.8. The largest absolute Gasteiger partial charge is 0.453 e. The first kappa shape index (κ1) is 43.7. The molecule has 2 aromatic heterocycles. The molecule has 328 valence electrons. The van der Waals surface area contributed by atoms with E-state index in [1.165, 1.54) is 14.2 Å². The predicted molar refractivity (Wildman–Crippen MR) is 242 cm³/mol. The van der Waals surface area contributed by atoms with Crippen molar-refractivity contribution < 1.29 is 28.7 Å². The molecule has 4 amide bonds. The number of piperidine rings is 1. The molecule has 8 rings (SSSR count). The Kier molecular flexibility index (Phi) is 11.5. The van der Waals surface area contributed by atoms with Gasteiger partial charge in [0.1, 0.15) is 43.8 Å². The Morgan fingerprint density at radius 3 is 2.34 bits per heavy atom. The second kappa shape index (κ2) is 16.3. The average molecular weight is 975 g/mol. The number of allylic oxidation sites excluding steroid dienone is 5. The van der Waals surface area contributed by atoms with Crippen molar-refractivity contribution in [1.82, 2.24) is 40.4 Å². The van der Waals surface area contributed by atoms with Gasteiger partial charge in [0.15, 0.2) is 0 Å². The minimum atomic E-state index is -0.717. The topological polar surface area (TPSA) is 175 Å². The van der Waals surface area contributed by atoms with Crippen LogP contribution in [0.5, 0.6) is 0 Å². The highest BCUT2D eigenvalue weighted by Gasteiger charge is 2.71. The zero-order valence-corrected chi connectivity index (χ0v) is 39.4. The maximum absolute atomic E-state index is 14.5. The van der Waals surface area contributed by atoms with Gasteiger partial charge in [-0.3, -0.25) is 9.59 Å². The average Bonchev–Trinajstić information content (AvgIpc) is 4.16. The Morgan fingerprint density at radius 2 is 1.69 bits per heavy atom. The van der Waals surface area contributed by atoms with Gasteiger partial charge in [-0.05, 0) is 105 Å². The van der Waals surface area contributed by atoms with Crippen molar-refractivity contribution in [3.63, 3.8) is 0 Å². The van der Waals surface area contributed by atoms with Crippen LogP contribution in [0, 0.1) is 23.2 Å². The maximum atomic E-state index is 14.5. The summed E-state index contributed by atoms with van der Waals surface area (Å²) in [6, 6.07) is 6.81. The fourth-order valence-corrected chi connectivity index (χ4v) is 10.9. The number of carbonyl (C=O) groups excluding carboxylic acids is 4. The summed E-state index contributed by atoms with van der Waals surface area (Å²) in [5.41, 5.74) is 4.74. The number of aromatic nitrogens is 4. The molecule has 4 fully saturated rings. The number of hydrogen-bond acceptors (Lipinski definition) is 8. The third kappa shape index (κ3) is 7.33. The summed E-state index contributed by atoms with van der Waals surface area (Å²) in [5.74, 6) is 1.60. The van der Waals surface area contributed by atoms with Gasteiger partial charge in [-0.15, -0.1) is 0 Å². The van der Waals surface area contributed by atoms with Crippen molar-refractivity contribution >= 4 is 67.0 Å². The number of amides is 4. The van der Waals surface area contributed by atoms with Gasteiger partial charge in [0.25, 0.3) is 0 Å². The fraction of sp³-hybridized carbons (Fsp3) is 0.478. The summed E-state index contributed by atoms with van der Waals surface area (Å²) in [6.45, 7) is 16.2. The van der Waals surface area contributed by atoms with Crippen LogP contribution in [0.4, 0.5) is 9.59 Å². The number of halogens is 2. The minimum absolute atomic E-state index is 0.00656. The summed E-state index contributed by atoms with van der Waals surface area (Å²) >= 11 is 7.43. The van der Waals surface area contributed by atoms with Crippen LogP contribution in [0.1, 0.15) is 96.2 Å². The molecule has 8 atom stereocenters. The van der Waals surface area contributed by atoms with Crippen molar-refractivity contribution in [3.8, 4) is 11.3 Å². The molecule has 14 nitrogen and oxygen atoms in total. The highest BCUT2D eigenvalue weighted by atomic mass is 79.9. The molecule has 4 heterocycles. The molecule has 1 saturated heterocycles. The lowest BCUT2D eigenvalue weighted by atomic mass is 9.88. The van der Waals surface area contributed by atoms with Crippen molar-refractivity contribution in [2.24, 2.45) is 23.2 Å². The van der Waals surface area contributed by atoms with Gasteiger partial charge in [0.05, 0.1) is 25.7 Å². The van der Waals surface area contributed by atoms with Crippen LogP contribution in [0.15, 0.2) is 69.9 Å². The number of methoxy groups -OCH3 is 2. The van der Waals surface area contributed by atoms with E-state index in [0.29, 0.717) is 35.0 Å². The molecule has 4 N–H and O–H groups in total. The lowest BCUT2D eigenvalue weighted by Crippen LogP contribution is -2.52. The molecule has 3 aromatic rings. The molecule has 2 aliphatic heterocycles. The van der Waals surface area contributed by atoms with Crippen LogP contribution in [-0.2, 0) is 24.6 Å². The molecule has 1 aromatic carbocycles. The number of aromatic amines is 2. The van der Waals surface area contributed by atoms with Crippen molar-refractivity contribution in [2.45, 2.75) is 103 Å². The number of hydrogen-bond donors (Lipinski definition) is 4. The summed E-state index contributed by atoms with van der Waals surface area (Å²) < 4.78 is 11.1. The van der Waals surface area contributed by atoms with E-state index in [-0.39, 0.29) is 47.8 Å². The van der Waals surface area contributed by atoms with Gasteiger partial charge in [-0.1, -0.05) is 82.8 Å². The lowest BCUT2D eigenvalue weighted by molar-refractivity contribution is -0.143. The van der Waals surface area contributed by atoms with Gasteiger partial charge in [-0.2, -0.15) is 0 Å². The highest BCUT2D eigenvalue weighted by molar-refractivity contribution is 9.10. The first-order chi connectivity index (χ1) is 29.5. The van der Waals surface area contributed by atoms with Gasteiger partial charge in [0, 0.05) is 30.1 Å². The van der Waals surface area contributed by atoms with E-state index in [0.717, 1.165) is 56.7 Å². The summed E-state index contributed by atoms with van der Waals surface area (Å²) in [7, 11) is 2.63. The minimum Gasteiger partial charge on any atom is -0.453 e. The first-order valence-corrected chi connectivity index (χ1v) is 22.8. The number of alkyl carbamates (subject to hydrolysis) is 2. The number of likely N-dealkylation sites (tertiary alicyclic amines) is 1. The van der Waals surface area contributed by atoms with E-state index < -0.39 is 29.2 Å². The van der Waals surface area contributed by atoms with Crippen LogP contribution >= 0.6 is 31.9 Å². The summed E-state index contributed by atoms with van der Waals surface area (Å²) in [4.78, 5) is 73.5. The lowest BCUT2D eigenvalue weighted by Gasteiger charge is -2.36. The molecule has 16 heteroatoms. The molecule has 4 unspecified atom stereocenters. The van der Waals surface area contributed by atoms with Crippen molar-refractivity contribution in [3.05, 3.63) is 92.8 Å². The molecule has 0 radical (unpaired) electrons. The third-order valence-electron chi connectivity index (χ3n) is 13.6. The molecule has 0 bridgehead atoms. The number of ether oxygens (including phenoxy) is 2. The van der Waals surface area contributed by atoms with Crippen LogP contribution < -0.4 is 10.6 Å². The Labute approximate surface area is 378 Å². The number of fused-ring (bicyclic) bond motifs is 2. The van der Waals surface area contributed by atoms with Crippen LogP contribution in [0.25, 0.3) is 22.4 Å². The highest BCUT2D eigenvalue weighted by Crippen LogP contribution is 2.64. The number of carbonyl (C=O) groups is 4. The Balaban J connectivity index is 0.960. The smallest absolute Gasteiger partial charge is 0.407 e. The number of nitrogens with zero attached hydrogens (tertiary/aromatic N) is 4.